The third-order valence-corrected chi connectivity index (χ3v) is 4.44. The average molecular weight is 344 g/mol. The van der Waals surface area contributed by atoms with Crippen molar-refractivity contribution in [3.8, 4) is 5.75 Å². The predicted octanol–water partition coefficient (Wildman–Crippen LogP) is 4.10. The number of carbonyl (C=O) groups is 1. The van der Waals surface area contributed by atoms with E-state index in [1.807, 2.05) is 0 Å². The minimum absolute atomic E-state index is 0.210. The molecule has 1 aromatic carbocycles. The van der Waals surface area contributed by atoms with Crippen molar-refractivity contribution in [1.29, 1.82) is 0 Å². The number of benzene rings is 1. The number of fused-ring (bicyclic) bond motifs is 1. The zero-order valence-electron chi connectivity index (χ0n) is 14.9. The normalized spacial score (nSPS) is 10.9. The lowest BCUT2D eigenvalue weighted by atomic mass is 10.1. The number of para-hydroxylation sites is 1. The van der Waals surface area contributed by atoms with Crippen LogP contribution in [0.4, 0.5) is 0 Å². The van der Waals surface area contributed by atoms with Gasteiger partial charge in [-0.3, -0.25) is 9.59 Å². The summed E-state index contributed by atoms with van der Waals surface area (Å²) in [7, 11) is 0. The fraction of sp³-hybridized carbons (Fsp3) is 0.500. The van der Waals surface area contributed by atoms with E-state index in [-0.39, 0.29) is 11.3 Å². The highest BCUT2D eigenvalue weighted by Crippen LogP contribution is 2.24. The van der Waals surface area contributed by atoms with Crippen LogP contribution in [0.2, 0.25) is 0 Å². The molecule has 0 aliphatic carbocycles. The third kappa shape index (κ3) is 5.34. The van der Waals surface area contributed by atoms with E-state index in [0.717, 1.165) is 12.8 Å². The number of unbranched alkanes of at least 4 members (excludes halogenated alkanes) is 7. The van der Waals surface area contributed by atoms with E-state index in [1.54, 1.807) is 24.3 Å². The lowest BCUT2D eigenvalue weighted by molar-refractivity contribution is 0.0949. The molecule has 0 aliphatic heterocycles. The molecule has 2 rings (SSSR count). The number of pyridine rings is 1. The van der Waals surface area contributed by atoms with E-state index in [2.05, 4.69) is 17.2 Å². The Morgan fingerprint density at radius 1 is 1.04 bits per heavy atom. The standard InChI is InChI=1S/C20H28N2O3/c1-2-3-4-5-6-7-8-11-14-21-19(24)17-18(23)15-12-9-10-13-16(15)22-20(17)25/h9-10,12-13H,2-8,11,14H2,1H3,(H,21,24)(H2,22,23,25). The fourth-order valence-corrected chi connectivity index (χ4v) is 2.99. The molecular weight excluding hydrogens is 316 g/mol. The first-order valence-electron chi connectivity index (χ1n) is 9.27. The van der Waals surface area contributed by atoms with Crippen molar-refractivity contribution in [2.75, 3.05) is 6.54 Å². The summed E-state index contributed by atoms with van der Waals surface area (Å²) in [6.07, 6.45) is 9.49. The summed E-state index contributed by atoms with van der Waals surface area (Å²) in [5, 5.41) is 13.5. The Morgan fingerprint density at radius 2 is 1.68 bits per heavy atom. The number of hydrogen-bond donors (Lipinski definition) is 3. The lowest BCUT2D eigenvalue weighted by Crippen LogP contribution is -2.30. The molecule has 0 aliphatic rings. The second-order valence-corrected chi connectivity index (χ2v) is 6.45. The van der Waals surface area contributed by atoms with Crippen LogP contribution in [-0.2, 0) is 0 Å². The summed E-state index contributed by atoms with van der Waals surface area (Å²) in [4.78, 5) is 27.0. The zero-order chi connectivity index (χ0) is 18.1. The Kier molecular flexibility index (Phi) is 7.51. The summed E-state index contributed by atoms with van der Waals surface area (Å²) in [5.74, 6) is -0.778. The molecule has 0 radical (unpaired) electrons. The average Bonchev–Trinajstić information content (AvgIpc) is 2.60. The molecule has 2 aromatic rings. The highest BCUT2D eigenvalue weighted by molar-refractivity contribution is 6.01. The molecule has 0 bridgehead atoms. The molecule has 0 spiro atoms. The smallest absolute Gasteiger partial charge is 0.265 e. The first kappa shape index (κ1) is 19.0. The van der Waals surface area contributed by atoms with Gasteiger partial charge in [-0.2, -0.15) is 0 Å². The number of H-pyrrole nitrogens is 1. The van der Waals surface area contributed by atoms with Gasteiger partial charge in [-0.25, -0.2) is 0 Å². The van der Waals surface area contributed by atoms with E-state index < -0.39 is 11.5 Å². The van der Waals surface area contributed by atoms with Crippen LogP contribution >= 0.6 is 0 Å². The number of aromatic amines is 1. The van der Waals surface area contributed by atoms with Crippen LogP contribution in [0.3, 0.4) is 0 Å². The molecule has 0 saturated heterocycles. The van der Waals surface area contributed by atoms with Crippen molar-refractivity contribution in [3.05, 3.63) is 40.2 Å². The van der Waals surface area contributed by atoms with E-state index in [9.17, 15) is 14.7 Å². The van der Waals surface area contributed by atoms with Crippen molar-refractivity contribution in [1.82, 2.24) is 10.3 Å². The van der Waals surface area contributed by atoms with Gasteiger partial charge in [0.25, 0.3) is 11.5 Å². The van der Waals surface area contributed by atoms with Gasteiger partial charge in [0.05, 0.1) is 5.52 Å². The van der Waals surface area contributed by atoms with Gasteiger partial charge in [-0.05, 0) is 18.6 Å². The Balaban J connectivity index is 1.82. The van der Waals surface area contributed by atoms with Gasteiger partial charge in [-0.15, -0.1) is 0 Å². The monoisotopic (exact) mass is 344 g/mol. The van der Waals surface area contributed by atoms with Gasteiger partial charge < -0.3 is 15.4 Å². The summed E-state index contributed by atoms with van der Waals surface area (Å²) < 4.78 is 0. The van der Waals surface area contributed by atoms with Gasteiger partial charge in [0.1, 0.15) is 11.3 Å². The van der Waals surface area contributed by atoms with Crippen molar-refractivity contribution in [2.45, 2.75) is 58.3 Å². The third-order valence-electron chi connectivity index (χ3n) is 4.44. The van der Waals surface area contributed by atoms with Crippen molar-refractivity contribution in [3.63, 3.8) is 0 Å². The second kappa shape index (κ2) is 9.87. The van der Waals surface area contributed by atoms with Gasteiger partial charge >= 0.3 is 0 Å². The number of aromatic hydroxyl groups is 1. The topological polar surface area (TPSA) is 82.2 Å². The molecule has 1 aromatic heterocycles. The molecule has 5 nitrogen and oxygen atoms in total. The van der Waals surface area contributed by atoms with Crippen molar-refractivity contribution < 1.29 is 9.90 Å². The largest absolute Gasteiger partial charge is 0.506 e. The number of hydrogen-bond acceptors (Lipinski definition) is 3. The maximum atomic E-state index is 12.2. The predicted molar refractivity (Wildman–Crippen MR) is 101 cm³/mol. The van der Waals surface area contributed by atoms with Crippen LogP contribution in [0.5, 0.6) is 5.75 Å². The number of carbonyl (C=O) groups excluding carboxylic acids is 1. The number of aromatic nitrogens is 1. The molecule has 1 heterocycles. The number of nitrogens with one attached hydrogen (secondary N) is 2. The molecule has 136 valence electrons. The molecule has 0 unspecified atom stereocenters. The van der Waals surface area contributed by atoms with E-state index >= 15 is 0 Å². The highest BCUT2D eigenvalue weighted by atomic mass is 16.3. The molecular formula is C20H28N2O3. The molecule has 0 fully saturated rings. The van der Waals surface area contributed by atoms with Crippen molar-refractivity contribution in [2.24, 2.45) is 0 Å². The molecule has 25 heavy (non-hydrogen) atoms. The van der Waals surface area contributed by atoms with E-state index in [1.165, 1.54) is 38.5 Å². The van der Waals surface area contributed by atoms with Crippen molar-refractivity contribution >= 4 is 16.8 Å². The first-order valence-corrected chi connectivity index (χ1v) is 9.27. The highest BCUT2D eigenvalue weighted by Gasteiger charge is 2.18. The Hall–Kier alpha value is -2.30. The maximum absolute atomic E-state index is 12.2. The van der Waals surface area contributed by atoms with Crippen LogP contribution in [0, 0.1) is 0 Å². The Bertz CT molecular complexity index is 752. The van der Waals surface area contributed by atoms with Crippen LogP contribution in [0.1, 0.15) is 68.6 Å². The van der Waals surface area contributed by atoms with Gasteiger partial charge in [0, 0.05) is 11.9 Å². The minimum atomic E-state index is -0.565. The lowest BCUT2D eigenvalue weighted by Gasteiger charge is -2.08. The SMILES string of the molecule is CCCCCCCCCCNC(=O)c1c(O)c2ccccc2[nH]c1=O. The number of rotatable bonds is 10. The van der Waals surface area contributed by atoms with Gasteiger partial charge in [0.15, 0.2) is 0 Å². The molecule has 5 heteroatoms. The minimum Gasteiger partial charge on any atom is -0.506 e. The van der Waals surface area contributed by atoms with E-state index in [0.29, 0.717) is 17.4 Å². The first-order chi connectivity index (χ1) is 12.1. The van der Waals surface area contributed by atoms with Crippen LogP contribution in [-0.4, -0.2) is 22.5 Å². The second-order valence-electron chi connectivity index (χ2n) is 6.45. The number of amides is 1. The molecule has 0 atom stereocenters. The Morgan fingerprint density at radius 3 is 2.40 bits per heavy atom. The Labute approximate surface area is 148 Å². The quantitative estimate of drug-likeness (QED) is 0.567. The zero-order valence-corrected chi connectivity index (χ0v) is 14.9. The summed E-state index contributed by atoms with van der Waals surface area (Å²) >= 11 is 0. The van der Waals surface area contributed by atoms with Gasteiger partial charge in [-0.1, -0.05) is 64.0 Å². The van der Waals surface area contributed by atoms with Crippen LogP contribution in [0.15, 0.2) is 29.1 Å². The molecule has 1 amide bonds. The fourth-order valence-electron chi connectivity index (χ4n) is 2.99. The van der Waals surface area contributed by atoms with E-state index in [4.69, 9.17) is 0 Å². The van der Waals surface area contributed by atoms with Crippen LogP contribution in [0.25, 0.3) is 10.9 Å². The van der Waals surface area contributed by atoms with Gasteiger partial charge in [0.2, 0.25) is 0 Å². The maximum Gasteiger partial charge on any atom is 0.265 e. The summed E-state index contributed by atoms with van der Waals surface area (Å²) in [6, 6.07) is 6.89. The summed E-state index contributed by atoms with van der Waals surface area (Å²) in [5.41, 5.74) is -0.257. The molecule has 3 N–H and O–H groups in total. The molecule has 0 saturated carbocycles. The summed E-state index contributed by atoms with van der Waals surface area (Å²) in [6.45, 7) is 2.72. The van der Waals surface area contributed by atoms with Crippen LogP contribution < -0.4 is 10.9 Å².